The Kier molecular flexibility index (Phi) is 5.61. The second kappa shape index (κ2) is 7.47. The first-order valence-electron chi connectivity index (χ1n) is 7.26. The first-order valence-corrected chi connectivity index (χ1v) is 8.06. The minimum Gasteiger partial charge on any atom is -0.428 e. The standard InChI is InChI=1S/C19H19BrO3/c1-19(2,3)23-18(21)22-17-12-8-15(9-13-17)5-4-14-6-10-16(20)11-7-14/h4-13H,1-3H3. The molecule has 0 bridgehead atoms. The summed E-state index contributed by atoms with van der Waals surface area (Å²) in [7, 11) is 0. The number of hydrogen-bond donors (Lipinski definition) is 0. The van der Waals surface area contributed by atoms with Crippen molar-refractivity contribution >= 4 is 34.2 Å². The molecule has 0 saturated heterocycles. The highest BCUT2D eigenvalue weighted by atomic mass is 79.9. The quantitative estimate of drug-likeness (QED) is 0.379. The fraction of sp³-hybridized carbons (Fsp3) is 0.211. The Labute approximate surface area is 145 Å². The molecule has 0 atom stereocenters. The van der Waals surface area contributed by atoms with Gasteiger partial charge in [0.25, 0.3) is 0 Å². The summed E-state index contributed by atoms with van der Waals surface area (Å²) in [4.78, 5) is 11.6. The fourth-order valence-electron chi connectivity index (χ4n) is 1.78. The van der Waals surface area contributed by atoms with Gasteiger partial charge in [0.15, 0.2) is 0 Å². The molecule has 3 nitrogen and oxygen atoms in total. The Morgan fingerprint density at radius 1 is 0.913 bits per heavy atom. The zero-order valence-corrected chi connectivity index (χ0v) is 15.0. The zero-order chi connectivity index (χ0) is 16.9. The van der Waals surface area contributed by atoms with Crippen LogP contribution in [0.1, 0.15) is 31.9 Å². The third-order valence-electron chi connectivity index (χ3n) is 2.81. The Morgan fingerprint density at radius 2 is 1.39 bits per heavy atom. The second-order valence-electron chi connectivity index (χ2n) is 6.02. The van der Waals surface area contributed by atoms with Gasteiger partial charge in [0, 0.05) is 4.47 Å². The van der Waals surface area contributed by atoms with E-state index in [-0.39, 0.29) is 0 Å². The molecule has 0 spiro atoms. The predicted octanol–water partition coefficient (Wildman–Crippen LogP) is 5.93. The summed E-state index contributed by atoms with van der Waals surface area (Å²) in [6, 6.07) is 15.3. The smallest absolute Gasteiger partial charge is 0.428 e. The zero-order valence-electron chi connectivity index (χ0n) is 13.4. The van der Waals surface area contributed by atoms with Gasteiger partial charge in [-0.05, 0) is 56.2 Å². The van der Waals surface area contributed by atoms with Gasteiger partial charge < -0.3 is 9.47 Å². The van der Waals surface area contributed by atoms with Gasteiger partial charge in [-0.25, -0.2) is 4.79 Å². The first-order chi connectivity index (χ1) is 10.8. The third kappa shape index (κ3) is 6.28. The number of carbonyl (C=O) groups excluding carboxylic acids is 1. The molecule has 0 saturated carbocycles. The van der Waals surface area contributed by atoms with Crippen molar-refractivity contribution in [1.82, 2.24) is 0 Å². The lowest BCUT2D eigenvalue weighted by molar-refractivity contribution is 0.0206. The lowest BCUT2D eigenvalue weighted by Crippen LogP contribution is -2.25. The summed E-state index contributed by atoms with van der Waals surface area (Å²) >= 11 is 3.41. The second-order valence-corrected chi connectivity index (χ2v) is 6.94. The lowest BCUT2D eigenvalue weighted by atomic mass is 10.1. The molecule has 0 N–H and O–H groups in total. The van der Waals surface area contributed by atoms with Crippen molar-refractivity contribution in [3.05, 3.63) is 64.1 Å². The Hall–Kier alpha value is -2.07. The van der Waals surface area contributed by atoms with Crippen LogP contribution in [0.2, 0.25) is 0 Å². The summed E-state index contributed by atoms with van der Waals surface area (Å²) in [5.74, 6) is 0.458. The van der Waals surface area contributed by atoms with Crippen molar-refractivity contribution in [1.29, 1.82) is 0 Å². The summed E-state index contributed by atoms with van der Waals surface area (Å²) in [5, 5.41) is 0. The Bertz CT molecular complexity index is 680. The molecule has 0 unspecified atom stereocenters. The molecule has 0 aliphatic carbocycles. The largest absolute Gasteiger partial charge is 0.514 e. The molecule has 0 amide bonds. The van der Waals surface area contributed by atoms with Gasteiger partial charge in [0.1, 0.15) is 11.4 Å². The molecule has 0 aromatic heterocycles. The van der Waals surface area contributed by atoms with Crippen LogP contribution in [0.3, 0.4) is 0 Å². The minimum absolute atomic E-state index is 0.458. The predicted molar refractivity (Wildman–Crippen MR) is 96.4 cm³/mol. The fourth-order valence-corrected chi connectivity index (χ4v) is 2.04. The van der Waals surface area contributed by atoms with Gasteiger partial charge in [0.2, 0.25) is 0 Å². The van der Waals surface area contributed by atoms with Crippen molar-refractivity contribution < 1.29 is 14.3 Å². The number of ether oxygens (including phenoxy) is 2. The molecule has 2 aromatic carbocycles. The molecular formula is C19H19BrO3. The topological polar surface area (TPSA) is 35.5 Å². The van der Waals surface area contributed by atoms with Gasteiger partial charge in [-0.15, -0.1) is 0 Å². The Balaban J connectivity index is 1.96. The van der Waals surface area contributed by atoms with Crippen LogP contribution in [0.4, 0.5) is 4.79 Å². The lowest BCUT2D eigenvalue weighted by Gasteiger charge is -2.18. The van der Waals surface area contributed by atoms with Crippen LogP contribution >= 0.6 is 15.9 Å². The summed E-state index contributed by atoms with van der Waals surface area (Å²) in [5.41, 5.74) is 1.57. The van der Waals surface area contributed by atoms with E-state index in [1.165, 1.54) is 0 Å². The van der Waals surface area contributed by atoms with Gasteiger partial charge in [-0.1, -0.05) is 52.3 Å². The van der Waals surface area contributed by atoms with Gasteiger partial charge in [0.05, 0.1) is 0 Å². The molecule has 23 heavy (non-hydrogen) atoms. The molecule has 0 heterocycles. The molecule has 0 radical (unpaired) electrons. The number of halogens is 1. The van der Waals surface area contributed by atoms with E-state index >= 15 is 0 Å². The van der Waals surface area contributed by atoms with E-state index < -0.39 is 11.8 Å². The van der Waals surface area contributed by atoms with Crippen molar-refractivity contribution in [2.24, 2.45) is 0 Å². The van der Waals surface area contributed by atoms with Crippen molar-refractivity contribution in [3.8, 4) is 5.75 Å². The third-order valence-corrected chi connectivity index (χ3v) is 3.34. The maximum atomic E-state index is 11.6. The summed E-state index contributed by atoms with van der Waals surface area (Å²) < 4.78 is 11.3. The van der Waals surface area contributed by atoms with Crippen LogP contribution < -0.4 is 4.74 Å². The van der Waals surface area contributed by atoms with Crippen LogP contribution in [0, 0.1) is 0 Å². The molecule has 2 aromatic rings. The van der Waals surface area contributed by atoms with E-state index in [0.717, 1.165) is 15.6 Å². The number of rotatable bonds is 3. The normalized spacial score (nSPS) is 11.5. The van der Waals surface area contributed by atoms with E-state index in [2.05, 4.69) is 15.9 Å². The average Bonchev–Trinajstić information content (AvgIpc) is 2.46. The first kappa shape index (κ1) is 17.3. The van der Waals surface area contributed by atoms with Crippen LogP contribution in [-0.2, 0) is 4.74 Å². The van der Waals surface area contributed by atoms with E-state index in [1.54, 1.807) is 32.9 Å². The van der Waals surface area contributed by atoms with Gasteiger partial charge in [-0.3, -0.25) is 0 Å². The van der Waals surface area contributed by atoms with Crippen LogP contribution in [0.5, 0.6) is 5.75 Å². The van der Waals surface area contributed by atoms with E-state index in [1.807, 2.05) is 48.6 Å². The van der Waals surface area contributed by atoms with Crippen LogP contribution in [0.25, 0.3) is 12.2 Å². The van der Waals surface area contributed by atoms with E-state index in [0.29, 0.717) is 5.75 Å². The van der Waals surface area contributed by atoms with Gasteiger partial charge in [-0.2, -0.15) is 0 Å². The molecule has 2 rings (SSSR count). The monoisotopic (exact) mass is 374 g/mol. The number of carbonyl (C=O) groups is 1. The summed E-state index contributed by atoms with van der Waals surface area (Å²) in [6.07, 6.45) is 3.33. The molecule has 4 heteroatoms. The molecule has 0 aliphatic rings. The van der Waals surface area contributed by atoms with Crippen LogP contribution in [-0.4, -0.2) is 11.8 Å². The SMILES string of the molecule is CC(C)(C)OC(=O)Oc1ccc(C=Cc2ccc(Br)cc2)cc1. The van der Waals surface area contributed by atoms with Crippen LogP contribution in [0.15, 0.2) is 53.0 Å². The highest BCUT2D eigenvalue weighted by Crippen LogP contribution is 2.17. The highest BCUT2D eigenvalue weighted by molar-refractivity contribution is 9.10. The van der Waals surface area contributed by atoms with Crippen molar-refractivity contribution in [2.45, 2.75) is 26.4 Å². The number of benzene rings is 2. The maximum absolute atomic E-state index is 11.6. The molecule has 120 valence electrons. The maximum Gasteiger partial charge on any atom is 0.514 e. The van der Waals surface area contributed by atoms with Crippen molar-refractivity contribution in [2.75, 3.05) is 0 Å². The molecular weight excluding hydrogens is 356 g/mol. The Morgan fingerprint density at radius 3 is 1.87 bits per heavy atom. The molecule has 0 aliphatic heterocycles. The molecule has 0 fully saturated rings. The summed E-state index contributed by atoms with van der Waals surface area (Å²) in [6.45, 7) is 5.39. The minimum atomic E-state index is -0.698. The van der Waals surface area contributed by atoms with Crippen molar-refractivity contribution in [3.63, 3.8) is 0 Å². The van der Waals surface area contributed by atoms with E-state index in [4.69, 9.17) is 9.47 Å². The van der Waals surface area contributed by atoms with Gasteiger partial charge >= 0.3 is 6.16 Å². The number of hydrogen-bond acceptors (Lipinski definition) is 3. The van der Waals surface area contributed by atoms with E-state index in [9.17, 15) is 4.79 Å². The highest BCUT2D eigenvalue weighted by Gasteiger charge is 2.17. The average molecular weight is 375 g/mol.